The van der Waals surface area contributed by atoms with Gasteiger partial charge < -0.3 is 11.1 Å². The second kappa shape index (κ2) is 10.1. The van der Waals surface area contributed by atoms with E-state index in [0.717, 1.165) is 32.5 Å². The van der Waals surface area contributed by atoms with E-state index < -0.39 is 6.04 Å². The zero-order valence-corrected chi connectivity index (χ0v) is 14.9. The number of nitrogens with zero attached hydrogens (tertiary/aromatic N) is 1. The molecule has 0 saturated carbocycles. The van der Waals surface area contributed by atoms with Gasteiger partial charge in [0.05, 0.1) is 6.04 Å². The third kappa shape index (κ3) is 6.13. The zero-order chi connectivity index (χ0) is 14.5. The lowest BCUT2D eigenvalue weighted by Crippen LogP contribution is -2.48. The van der Waals surface area contributed by atoms with E-state index in [4.69, 9.17) is 5.73 Å². The molecule has 0 aliphatic carbocycles. The number of halogens is 2. The fourth-order valence-corrected chi connectivity index (χ4v) is 2.60. The van der Waals surface area contributed by atoms with E-state index in [1.165, 1.54) is 11.1 Å². The highest BCUT2D eigenvalue weighted by Crippen LogP contribution is 2.16. The van der Waals surface area contributed by atoms with E-state index >= 15 is 0 Å². The molecule has 6 heteroatoms. The molecule has 1 aromatic rings. The monoisotopic (exact) mass is 347 g/mol. The van der Waals surface area contributed by atoms with E-state index in [0.29, 0.717) is 0 Å². The third-order valence-electron chi connectivity index (χ3n) is 4.00. The van der Waals surface area contributed by atoms with E-state index in [-0.39, 0.29) is 36.8 Å². The molecule has 1 atom stereocenters. The molecule has 1 aromatic carbocycles. The zero-order valence-electron chi connectivity index (χ0n) is 13.2. The maximum atomic E-state index is 11.6. The van der Waals surface area contributed by atoms with Gasteiger partial charge >= 0.3 is 0 Å². The lowest BCUT2D eigenvalue weighted by Gasteiger charge is -2.33. The number of benzene rings is 1. The van der Waals surface area contributed by atoms with Crippen molar-refractivity contribution < 1.29 is 4.79 Å². The van der Waals surface area contributed by atoms with Crippen molar-refractivity contribution >= 4 is 30.7 Å². The average Bonchev–Trinajstić information content (AvgIpc) is 2.43. The molecule has 0 radical (unpaired) electrons. The van der Waals surface area contributed by atoms with Crippen molar-refractivity contribution in [3.8, 4) is 0 Å². The van der Waals surface area contributed by atoms with E-state index in [1.807, 2.05) is 0 Å². The largest absolute Gasteiger partial charge is 0.352 e. The molecule has 3 N–H and O–H groups in total. The molecule has 1 heterocycles. The summed E-state index contributed by atoms with van der Waals surface area (Å²) in [7, 11) is 0. The minimum atomic E-state index is -0.417. The number of nitrogens with one attached hydrogen (secondary N) is 1. The van der Waals surface area contributed by atoms with Crippen molar-refractivity contribution in [1.29, 1.82) is 0 Å². The summed E-state index contributed by atoms with van der Waals surface area (Å²) in [5.74, 6) is -0.0395. The predicted molar refractivity (Wildman–Crippen MR) is 95.8 cm³/mol. The molecule has 1 saturated heterocycles. The Morgan fingerprint density at radius 2 is 1.91 bits per heavy atom. The Morgan fingerprint density at radius 3 is 2.45 bits per heavy atom. The highest BCUT2D eigenvalue weighted by molar-refractivity contribution is 5.85. The van der Waals surface area contributed by atoms with Gasteiger partial charge in [0.25, 0.3) is 0 Å². The molecule has 0 unspecified atom stereocenters. The van der Waals surface area contributed by atoms with Gasteiger partial charge in [0.15, 0.2) is 0 Å². The molecule has 4 nitrogen and oxygen atoms in total. The van der Waals surface area contributed by atoms with Crippen molar-refractivity contribution in [2.75, 3.05) is 13.1 Å². The van der Waals surface area contributed by atoms with Crippen LogP contribution in [0.3, 0.4) is 0 Å². The summed E-state index contributed by atoms with van der Waals surface area (Å²) in [6, 6.07) is 8.39. The van der Waals surface area contributed by atoms with Crippen LogP contribution in [0.2, 0.25) is 0 Å². The maximum absolute atomic E-state index is 11.6. The molecule has 22 heavy (non-hydrogen) atoms. The first kappa shape index (κ1) is 21.2. The molecule has 2 rings (SSSR count). The highest BCUT2D eigenvalue weighted by atomic mass is 35.5. The fraction of sp³-hybridized carbons (Fsp3) is 0.562. The summed E-state index contributed by atoms with van der Waals surface area (Å²) < 4.78 is 0. The van der Waals surface area contributed by atoms with Gasteiger partial charge in [0, 0.05) is 25.7 Å². The molecular weight excluding hydrogens is 321 g/mol. The number of carbonyl (C=O) groups is 1. The molecule has 1 fully saturated rings. The van der Waals surface area contributed by atoms with Crippen molar-refractivity contribution in [2.45, 2.75) is 45.3 Å². The Kier molecular flexibility index (Phi) is 9.69. The van der Waals surface area contributed by atoms with Crippen molar-refractivity contribution in [3.05, 3.63) is 35.4 Å². The Morgan fingerprint density at radius 1 is 1.32 bits per heavy atom. The van der Waals surface area contributed by atoms with Gasteiger partial charge in [-0.05, 0) is 37.8 Å². The molecule has 126 valence electrons. The molecule has 0 aromatic heterocycles. The lowest BCUT2D eigenvalue weighted by molar-refractivity contribution is -0.123. The van der Waals surface area contributed by atoms with Crippen LogP contribution in [0.25, 0.3) is 0 Å². The molecule has 1 aliphatic rings. The topological polar surface area (TPSA) is 58.4 Å². The quantitative estimate of drug-likeness (QED) is 0.878. The first-order valence-electron chi connectivity index (χ1n) is 7.39. The maximum Gasteiger partial charge on any atom is 0.236 e. The van der Waals surface area contributed by atoms with Crippen molar-refractivity contribution in [3.63, 3.8) is 0 Å². The number of aryl methyl sites for hydroxylation is 1. The molecule has 0 spiro atoms. The van der Waals surface area contributed by atoms with Crippen molar-refractivity contribution in [1.82, 2.24) is 10.2 Å². The number of hydrogen-bond donors (Lipinski definition) is 2. The summed E-state index contributed by atoms with van der Waals surface area (Å²) in [5.41, 5.74) is 8.32. The third-order valence-corrected chi connectivity index (χ3v) is 4.00. The van der Waals surface area contributed by atoms with Crippen LogP contribution in [0.4, 0.5) is 0 Å². The number of rotatable bonds is 4. The Hall–Kier alpha value is -0.810. The van der Waals surface area contributed by atoms with Gasteiger partial charge in [-0.2, -0.15) is 0 Å². The molecule has 1 amide bonds. The van der Waals surface area contributed by atoms with Gasteiger partial charge in [0.1, 0.15) is 0 Å². The van der Waals surface area contributed by atoms with Crippen LogP contribution in [-0.2, 0) is 11.3 Å². The average molecular weight is 348 g/mol. The second-order valence-corrected chi connectivity index (χ2v) is 5.77. The number of amides is 1. The van der Waals surface area contributed by atoms with Crippen LogP contribution in [0.1, 0.15) is 30.9 Å². The van der Waals surface area contributed by atoms with E-state index in [2.05, 4.69) is 41.4 Å². The lowest BCUT2D eigenvalue weighted by atomic mass is 10.0. The Bertz CT molecular complexity index is 460. The normalized spacial score (nSPS) is 17.0. The summed E-state index contributed by atoms with van der Waals surface area (Å²) >= 11 is 0. The molecule has 1 aliphatic heterocycles. The fourth-order valence-electron chi connectivity index (χ4n) is 2.60. The van der Waals surface area contributed by atoms with Crippen molar-refractivity contribution in [2.24, 2.45) is 5.73 Å². The Labute approximate surface area is 145 Å². The minimum Gasteiger partial charge on any atom is -0.352 e. The van der Waals surface area contributed by atoms with Gasteiger partial charge in [-0.3, -0.25) is 9.69 Å². The standard InChI is InChI=1S/C16H25N3O.2ClH/c1-12-5-3-4-6-14(12)11-19-9-7-15(8-10-19)18-16(20)13(2)17;;/h3-6,13,15H,7-11,17H2,1-2H3,(H,18,20);2*1H/t13-;;/m1../s1. The molecule has 0 bridgehead atoms. The minimum absolute atomic E-state index is 0. The number of piperidine rings is 1. The number of nitrogens with two attached hydrogens (primary N) is 1. The van der Waals surface area contributed by atoms with Crippen LogP contribution in [0.5, 0.6) is 0 Å². The number of carbonyl (C=O) groups excluding carboxylic acids is 1. The van der Waals surface area contributed by atoms with Gasteiger partial charge in [0.2, 0.25) is 5.91 Å². The van der Waals surface area contributed by atoms with Crippen LogP contribution in [-0.4, -0.2) is 36.0 Å². The van der Waals surface area contributed by atoms with Crippen LogP contribution in [0, 0.1) is 6.92 Å². The van der Waals surface area contributed by atoms with Crippen LogP contribution in [0.15, 0.2) is 24.3 Å². The van der Waals surface area contributed by atoms with Crippen LogP contribution < -0.4 is 11.1 Å². The summed E-state index contributed by atoms with van der Waals surface area (Å²) in [5, 5.41) is 3.02. The Balaban J connectivity index is 0.00000220. The van der Waals surface area contributed by atoms with Gasteiger partial charge in [-0.15, -0.1) is 24.8 Å². The first-order chi connectivity index (χ1) is 9.56. The van der Waals surface area contributed by atoms with Gasteiger partial charge in [-0.1, -0.05) is 24.3 Å². The van der Waals surface area contributed by atoms with E-state index in [9.17, 15) is 4.79 Å². The SMILES string of the molecule is Cc1ccccc1CN1CCC(NC(=O)[C@@H](C)N)CC1.Cl.Cl. The summed E-state index contributed by atoms with van der Waals surface area (Å²) in [6.45, 7) is 6.94. The van der Waals surface area contributed by atoms with Gasteiger partial charge in [-0.25, -0.2) is 0 Å². The smallest absolute Gasteiger partial charge is 0.236 e. The molecular formula is C16H27Cl2N3O. The summed E-state index contributed by atoms with van der Waals surface area (Å²) in [6.07, 6.45) is 2.01. The number of hydrogen-bond acceptors (Lipinski definition) is 3. The second-order valence-electron chi connectivity index (χ2n) is 5.77. The van der Waals surface area contributed by atoms with Crippen LogP contribution >= 0.6 is 24.8 Å². The predicted octanol–water partition coefficient (Wildman–Crippen LogP) is 2.27. The highest BCUT2D eigenvalue weighted by Gasteiger charge is 2.21. The number of likely N-dealkylation sites (tertiary alicyclic amines) is 1. The first-order valence-corrected chi connectivity index (χ1v) is 7.39. The van der Waals surface area contributed by atoms with E-state index in [1.54, 1.807) is 6.92 Å². The summed E-state index contributed by atoms with van der Waals surface area (Å²) in [4.78, 5) is 14.0.